The highest BCUT2D eigenvalue weighted by Crippen LogP contribution is 2.13. The molecule has 25 heavy (non-hydrogen) atoms. The Hall–Kier alpha value is -1.89. The molecule has 1 aromatic rings. The Morgan fingerprint density at radius 3 is 2.28 bits per heavy atom. The minimum Gasteiger partial charge on any atom is -0.444 e. The molecule has 2 amide bonds. The largest absolute Gasteiger partial charge is 0.444 e. The molecular formula is C18H27N2O4S-. The van der Waals surface area contributed by atoms with Crippen molar-refractivity contribution in [2.75, 3.05) is 0 Å². The van der Waals surface area contributed by atoms with E-state index in [4.69, 9.17) is 4.74 Å². The summed E-state index contributed by atoms with van der Waals surface area (Å²) in [5, 5.41) is 2.55. The third-order valence-electron chi connectivity index (χ3n) is 3.55. The van der Waals surface area contributed by atoms with Gasteiger partial charge in [-0.15, -0.1) is 0 Å². The van der Waals surface area contributed by atoms with Crippen molar-refractivity contribution in [3.63, 3.8) is 0 Å². The van der Waals surface area contributed by atoms with Crippen molar-refractivity contribution in [3.8, 4) is 0 Å². The van der Waals surface area contributed by atoms with E-state index >= 15 is 0 Å². The fraction of sp³-hybridized carbons (Fsp3) is 0.556. The van der Waals surface area contributed by atoms with Crippen molar-refractivity contribution in [1.29, 1.82) is 0 Å². The number of hydrogen-bond acceptors (Lipinski definition) is 5. The summed E-state index contributed by atoms with van der Waals surface area (Å²) < 4.78 is 21.2. The Kier molecular flexibility index (Phi) is 7.60. The van der Waals surface area contributed by atoms with Crippen LogP contribution >= 0.6 is 0 Å². The van der Waals surface area contributed by atoms with E-state index in [-0.39, 0.29) is 5.92 Å². The molecule has 0 aliphatic carbocycles. The van der Waals surface area contributed by atoms with Gasteiger partial charge < -0.3 is 18.6 Å². The number of carbonyl (C=O) groups is 2. The van der Waals surface area contributed by atoms with Gasteiger partial charge >= 0.3 is 6.09 Å². The van der Waals surface area contributed by atoms with Gasteiger partial charge in [0.2, 0.25) is 5.91 Å². The number of hydrogen-bond donors (Lipinski definition) is 1. The van der Waals surface area contributed by atoms with Crippen molar-refractivity contribution in [1.82, 2.24) is 5.32 Å². The summed E-state index contributed by atoms with van der Waals surface area (Å²) in [5.41, 5.74) is 0.353. The van der Waals surface area contributed by atoms with Gasteiger partial charge in [0.05, 0.1) is 0 Å². The maximum Gasteiger partial charge on any atom is 0.408 e. The Morgan fingerprint density at radius 1 is 1.24 bits per heavy atom. The number of nitrogens with zero attached hydrogens (tertiary/aromatic N) is 1. The molecule has 1 N–H and O–H groups in total. The number of benzene rings is 1. The second kappa shape index (κ2) is 8.99. The molecule has 6 nitrogen and oxygen atoms in total. The standard InChI is InChI=1S/C18H27N2O4S/c1-7-13(3)15(19-17(22)24-18(4,5)6)16(21)20-25(23)14-10-8-12(2)9-11-14/h8-11,13,15H,7H2,1-6H3,(H,19,22)/q-1/t13-,15-/m0/s1. The Labute approximate surface area is 151 Å². The lowest BCUT2D eigenvalue weighted by atomic mass is 9.99. The summed E-state index contributed by atoms with van der Waals surface area (Å²) >= 11 is 0. The third-order valence-corrected chi connectivity index (χ3v) is 4.57. The van der Waals surface area contributed by atoms with Crippen LogP contribution in [0.3, 0.4) is 0 Å². The van der Waals surface area contributed by atoms with Crippen LogP contribution in [0.2, 0.25) is 0 Å². The SMILES string of the molecule is CC[C@H](C)[C@H](NC(=O)OC(C)(C)C)C(=O)N=[S-](=O)c1ccc(C)cc1. The number of rotatable bonds is 5. The van der Waals surface area contributed by atoms with Crippen LogP contribution in [0.25, 0.3) is 0 Å². The fourth-order valence-corrected chi connectivity index (χ4v) is 2.71. The number of alkyl carbamates (subject to hydrolysis) is 1. The maximum absolute atomic E-state index is 12.5. The quantitative estimate of drug-likeness (QED) is 0.798. The van der Waals surface area contributed by atoms with Crippen LogP contribution in [0, 0.1) is 12.8 Å². The number of ether oxygens (including phenoxy) is 1. The molecule has 1 rings (SSSR count). The Bertz CT molecular complexity index is 686. The molecule has 0 aliphatic rings. The van der Waals surface area contributed by atoms with Gasteiger partial charge in [0.25, 0.3) is 0 Å². The van der Waals surface area contributed by atoms with Gasteiger partial charge in [-0.05, 0) is 33.6 Å². The van der Waals surface area contributed by atoms with E-state index in [1.54, 1.807) is 45.0 Å². The molecule has 0 unspecified atom stereocenters. The lowest BCUT2D eigenvalue weighted by molar-refractivity contribution is -0.120. The summed E-state index contributed by atoms with van der Waals surface area (Å²) in [7, 11) is -1.81. The van der Waals surface area contributed by atoms with Crippen molar-refractivity contribution in [2.45, 2.75) is 64.5 Å². The average molecular weight is 367 g/mol. The first-order valence-electron chi connectivity index (χ1n) is 8.27. The molecule has 0 saturated heterocycles. The number of carbonyl (C=O) groups excluding carboxylic acids is 2. The van der Waals surface area contributed by atoms with Gasteiger partial charge in [-0.3, -0.25) is 4.79 Å². The van der Waals surface area contributed by atoms with Gasteiger partial charge in [-0.2, -0.15) is 10.6 Å². The van der Waals surface area contributed by atoms with Gasteiger partial charge in [-0.25, -0.2) is 4.79 Å². The molecule has 0 bridgehead atoms. The lowest BCUT2D eigenvalue weighted by Crippen LogP contribution is -2.46. The molecule has 2 atom stereocenters. The van der Waals surface area contributed by atoms with E-state index in [1.807, 2.05) is 20.8 Å². The van der Waals surface area contributed by atoms with Crippen LogP contribution in [0.15, 0.2) is 33.5 Å². The van der Waals surface area contributed by atoms with Crippen molar-refractivity contribution in [2.24, 2.45) is 10.3 Å². The van der Waals surface area contributed by atoms with E-state index in [9.17, 15) is 13.8 Å². The minimum atomic E-state index is -1.81. The van der Waals surface area contributed by atoms with Crippen molar-refractivity contribution < 1.29 is 18.5 Å². The maximum atomic E-state index is 12.5. The number of amides is 2. The fourth-order valence-electron chi connectivity index (χ4n) is 1.96. The summed E-state index contributed by atoms with van der Waals surface area (Å²) in [6.07, 6.45) is -0.0405. The smallest absolute Gasteiger partial charge is 0.408 e. The van der Waals surface area contributed by atoms with Gasteiger partial charge in [0.1, 0.15) is 11.6 Å². The number of nitrogens with one attached hydrogen (secondary N) is 1. The van der Waals surface area contributed by atoms with Gasteiger partial charge in [-0.1, -0.05) is 55.0 Å². The van der Waals surface area contributed by atoms with E-state index < -0.39 is 34.2 Å². The second-order valence-electron chi connectivity index (χ2n) is 7.00. The summed E-state index contributed by atoms with van der Waals surface area (Å²) in [4.78, 5) is 24.9. The van der Waals surface area contributed by atoms with Crippen molar-refractivity contribution in [3.05, 3.63) is 29.8 Å². The molecule has 0 radical (unpaired) electrons. The first-order valence-corrected chi connectivity index (χ1v) is 9.37. The van der Waals surface area contributed by atoms with Crippen LogP contribution < -0.4 is 5.32 Å². The van der Waals surface area contributed by atoms with Gasteiger partial charge in [0.15, 0.2) is 0 Å². The molecule has 0 spiro atoms. The van der Waals surface area contributed by atoms with E-state index in [0.29, 0.717) is 11.3 Å². The zero-order chi connectivity index (χ0) is 19.2. The normalized spacial score (nSPS) is 15.3. The van der Waals surface area contributed by atoms with E-state index in [0.717, 1.165) is 5.56 Å². The Morgan fingerprint density at radius 2 is 1.80 bits per heavy atom. The zero-order valence-electron chi connectivity index (χ0n) is 15.7. The zero-order valence-corrected chi connectivity index (χ0v) is 16.5. The molecular weight excluding hydrogens is 340 g/mol. The topological polar surface area (TPSA) is 84.8 Å². The first kappa shape index (κ1) is 21.2. The molecule has 0 fully saturated rings. The molecule has 1 aromatic carbocycles. The lowest BCUT2D eigenvalue weighted by Gasteiger charge is -2.25. The molecule has 0 aromatic heterocycles. The molecule has 0 heterocycles. The predicted molar refractivity (Wildman–Crippen MR) is 97.5 cm³/mol. The molecule has 140 valence electrons. The monoisotopic (exact) mass is 367 g/mol. The Balaban J connectivity index is 2.96. The second-order valence-corrected chi connectivity index (χ2v) is 8.15. The highest BCUT2D eigenvalue weighted by molar-refractivity contribution is 7.75. The highest BCUT2D eigenvalue weighted by atomic mass is 32.2. The van der Waals surface area contributed by atoms with Gasteiger partial charge in [0, 0.05) is 0 Å². The minimum absolute atomic E-state index is 0.168. The van der Waals surface area contributed by atoms with Crippen LogP contribution in [0.5, 0.6) is 0 Å². The van der Waals surface area contributed by atoms with E-state index in [1.165, 1.54) is 0 Å². The molecule has 7 heteroatoms. The summed E-state index contributed by atoms with van der Waals surface area (Å²) in [5.74, 6) is -0.794. The van der Waals surface area contributed by atoms with E-state index in [2.05, 4.69) is 9.68 Å². The summed E-state index contributed by atoms with van der Waals surface area (Å²) in [6, 6.07) is 6.06. The average Bonchev–Trinajstić information content (AvgIpc) is 2.50. The van der Waals surface area contributed by atoms with Crippen LogP contribution in [-0.4, -0.2) is 23.6 Å². The first-order chi connectivity index (χ1) is 11.5. The van der Waals surface area contributed by atoms with Crippen LogP contribution in [0.4, 0.5) is 4.79 Å². The third kappa shape index (κ3) is 7.25. The predicted octanol–water partition coefficient (Wildman–Crippen LogP) is 3.97. The summed E-state index contributed by atoms with van der Waals surface area (Å²) in [6.45, 7) is 10.9. The molecule has 0 aliphatic heterocycles. The van der Waals surface area contributed by atoms with Crippen LogP contribution in [0.1, 0.15) is 46.6 Å². The van der Waals surface area contributed by atoms with Crippen molar-refractivity contribution >= 4 is 22.6 Å². The number of aryl methyl sites for hydroxylation is 1. The highest BCUT2D eigenvalue weighted by Gasteiger charge is 2.27. The molecule has 0 saturated carbocycles. The van der Waals surface area contributed by atoms with Crippen LogP contribution in [-0.2, 0) is 24.3 Å².